The molecule has 0 radical (unpaired) electrons. The predicted octanol–water partition coefficient (Wildman–Crippen LogP) is 1.10. The number of nitrogens with one attached hydrogen (secondary N) is 2. The van der Waals surface area contributed by atoms with Gasteiger partial charge in [0.05, 0.1) is 17.6 Å². The minimum atomic E-state index is -3.77. The van der Waals surface area contributed by atoms with Gasteiger partial charge < -0.3 is 15.4 Å². The minimum absolute atomic E-state index is 0.0421. The molecular weight excluding hydrogens is 358 g/mol. The summed E-state index contributed by atoms with van der Waals surface area (Å²) in [5.74, 6) is -0.217. The molecule has 2 aromatic carbocycles. The molecule has 2 aromatic rings. The molecule has 2 amide bonds. The van der Waals surface area contributed by atoms with Crippen molar-refractivity contribution in [3.05, 3.63) is 54.1 Å². The van der Waals surface area contributed by atoms with Crippen molar-refractivity contribution in [2.75, 3.05) is 19.0 Å². The van der Waals surface area contributed by atoms with Gasteiger partial charge in [-0.05, 0) is 36.4 Å². The molecule has 2 rings (SSSR count). The summed E-state index contributed by atoms with van der Waals surface area (Å²) in [6.07, 6.45) is 0.0534. The minimum Gasteiger partial charge on any atom is -0.496 e. The van der Waals surface area contributed by atoms with E-state index in [2.05, 4.69) is 10.6 Å². The normalized spacial score (nSPS) is 10.8. The summed E-state index contributed by atoms with van der Waals surface area (Å²) < 4.78 is 27.5. The molecule has 0 unspecified atom stereocenters. The van der Waals surface area contributed by atoms with Gasteiger partial charge in [0.25, 0.3) is 5.91 Å². The SMILES string of the molecule is COc1ccccc1C(=O)NCCC(=O)Nc1ccc(S(N)(=O)=O)cc1. The first-order valence-electron chi connectivity index (χ1n) is 7.65. The fourth-order valence-corrected chi connectivity index (χ4v) is 2.68. The first-order chi connectivity index (χ1) is 12.3. The third-order valence-corrected chi connectivity index (χ3v) is 4.39. The smallest absolute Gasteiger partial charge is 0.255 e. The molecule has 0 heterocycles. The quantitative estimate of drug-likeness (QED) is 0.666. The number of anilines is 1. The fraction of sp³-hybridized carbons (Fsp3) is 0.176. The first-order valence-corrected chi connectivity index (χ1v) is 9.20. The molecular formula is C17H19N3O5S. The lowest BCUT2D eigenvalue weighted by molar-refractivity contribution is -0.116. The van der Waals surface area contributed by atoms with E-state index < -0.39 is 10.0 Å². The fourth-order valence-electron chi connectivity index (χ4n) is 2.17. The monoisotopic (exact) mass is 377 g/mol. The summed E-state index contributed by atoms with van der Waals surface area (Å²) in [7, 11) is -2.30. The standard InChI is InChI=1S/C17H19N3O5S/c1-25-15-5-3-2-4-14(15)17(22)19-11-10-16(21)20-12-6-8-13(9-7-12)26(18,23)24/h2-9H,10-11H2,1H3,(H,19,22)(H,20,21)(H2,18,23,24). The number of rotatable bonds is 7. The van der Waals surface area contributed by atoms with Crippen LogP contribution in [0.2, 0.25) is 0 Å². The topological polar surface area (TPSA) is 128 Å². The van der Waals surface area contributed by atoms with Crippen molar-refractivity contribution in [1.82, 2.24) is 5.32 Å². The van der Waals surface area contributed by atoms with Crippen LogP contribution in [-0.4, -0.2) is 33.9 Å². The van der Waals surface area contributed by atoms with Gasteiger partial charge in [-0.3, -0.25) is 9.59 Å². The molecule has 0 aliphatic carbocycles. The number of sulfonamides is 1. The third kappa shape index (κ3) is 5.30. The lowest BCUT2D eigenvalue weighted by atomic mass is 10.2. The van der Waals surface area contributed by atoms with Crippen LogP contribution in [0, 0.1) is 0 Å². The Balaban J connectivity index is 1.84. The molecule has 9 heteroatoms. The van der Waals surface area contributed by atoms with Crippen molar-refractivity contribution < 1.29 is 22.7 Å². The number of amides is 2. The maximum Gasteiger partial charge on any atom is 0.255 e. The molecule has 0 aliphatic heterocycles. The summed E-state index contributed by atoms with van der Waals surface area (Å²) in [4.78, 5) is 24.0. The van der Waals surface area contributed by atoms with E-state index in [1.54, 1.807) is 24.3 Å². The van der Waals surface area contributed by atoms with Crippen LogP contribution in [0.5, 0.6) is 5.75 Å². The Morgan fingerprint density at radius 1 is 1.08 bits per heavy atom. The number of para-hydroxylation sites is 1. The zero-order valence-electron chi connectivity index (χ0n) is 14.1. The van der Waals surface area contributed by atoms with Crippen molar-refractivity contribution in [2.24, 2.45) is 5.14 Å². The number of primary sulfonamides is 1. The van der Waals surface area contributed by atoms with Crippen LogP contribution in [0.1, 0.15) is 16.8 Å². The maximum atomic E-state index is 12.1. The number of nitrogens with two attached hydrogens (primary N) is 1. The summed E-state index contributed by atoms with van der Waals surface area (Å²) in [5, 5.41) is 10.3. The molecule has 0 aromatic heterocycles. The van der Waals surface area contributed by atoms with Gasteiger partial charge in [0.15, 0.2) is 0 Å². The molecule has 0 atom stereocenters. The summed E-state index contributed by atoms with van der Waals surface area (Å²) in [5.41, 5.74) is 0.812. The Morgan fingerprint density at radius 2 is 1.73 bits per heavy atom. The van der Waals surface area contributed by atoms with Gasteiger partial charge in [0.2, 0.25) is 15.9 Å². The van der Waals surface area contributed by atoms with Crippen molar-refractivity contribution >= 4 is 27.5 Å². The van der Waals surface area contributed by atoms with Crippen LogP contribution in [0.4, 0.5) is 5.69 Å². The van der Waals surface area contributed by atoms with Gasteiger partial charge in [-0.1, -0.05) is 12.1 Å². The van der Waals surface area contributed by atoms with E-state index in [9.17, 15) is 18.0 Å². The number of benzene rings is 2. The highest BCUT2D eigenvalue weighted by Crippen LogP contribution is 2.17. The highest BCUT2D eigenvalue weighted by Gasteiger charge is 2.12. The van der Waals surface area contributed by atoms with E-state index >= 15 is 0 Å². The Labute approximate surface area is 151 Å². The van der Waals surface area contributed by atoms with E-state index in [0.29, 0.717) is 17.0 Å². The zero-order valence-corrected chi connectivity index (χ0v) is 14.9. The maximum absolute atomic E-state index is 12.1. The van der Waals surface area contributed by atoms with Crippen LogP contribution in [-0.2, 0) is 14.8 Å². The molecule has 0 saturated heterocycles. The molecule has 0 saturated carbocycles. The molecule has 138 valence electrons. The number of carbonyl (C=O) groups excluding carboxylic acids is 2. The second-order valence-corrected chi connectivity index (χ2v) is 6.89. The Hall–Kier alpha value is -2.91. The summed E-state index contributed by atoms with van der Waals surface area (Å²) >= 11 is 0. The first kappa shape index (κ1) is 19.4. The molecule has 8 nitrogen and oxygen atoms in total. The van der Waals surface area contributed by atoms with Crippen molar-refractivity contribution in [3.8, 4) is 5.75 Å². The molecule has 26 heavy (non-hydrogen) atoms. The van der Waals surface area contributed by atoms with Crippen LogP contribution in [0.3, 0.4) is 0 Å². The molecule has 4 N–H and O–H groups in total. The third-order valence-electron chi connectivity index (χ3n) is 3.46. The lowest BCUT2D eigenvalue weighted by Gasteiger charge is -2.09. The second-order valence-electron chi connectivity index (χ2n) is 5.32. The summed E-state index contributed by atoms with van der Waals surface area (Å²) in [6, 6.07) is 12.2. The van der Waals surface area contributed by atoms with Crippen LogP contribution in [0.25, 0.3) is 0 Å². The van der Waals surface area contributed by atoms with Crippen LogP contribution < -0.4 is 20.5 Å². The lowest BCUT2D eigenvalue weighted by Crippen LogP contribution is -2.28. The van der Waals surface area contributed by atoms with E-state index in [0.717, 1.165) is 0 Å². The van der Waals surface area contributed by atoms with Crippen LogP contribution in [0.15, 0.2) is 53.4 Å². The molecule has 0 spiro atoms. The Kier molecular flexibility index (Phi) is 6.31. The molecule has 0 fully saturated rings. The van der Waals surface area contributed by atoms with Gasteiger partial charge in [-0.2, -0.15) is 0 Å². The second kappa shape index (κ2) is 8.45. The van der Waals surface area contributed by atoms with Gasteiger partial charge >= 0.3 is 0 Å². The van der Waals surface area contributed by atoms with E-state index in [4.69, 9.17) is 9.88 Å². The molecule has 0 bridgehead atoms. The average Bonchev–Trinajstić information content (AvgIpc) is 2.61. The van der Waals surface area contributed by atoms with Gasteiger partial charge in [0, 0.05) is 18.7 Å². The highest BCUT2D eigenvalue weighted by molar-refractivity contribution is 7.89. The average molecular weight is 377 g/mol. The zero-order chi connectivity index (χ0) is 19.2. The van der Waals surface area contributed by atoms with Gasteiger partial charge in [0.1, 0.15) is 5.75 Å². The Bertz CT molecular complexity index is 895. The molecule has 0 aliphatic rings. The number of hydrogen-bond donors (Lipinski definition) is 3. The van der Waals surface area contributed by atoms with Crippen molar-refractivity contribution in [1.29, 1.82) is 0 Å². The largest absolute Gasteiger partial charge is 0.496 e. The van der Waals surface area contributed by atoms with Crippen LogP contribution >= 0.6 is 0 Å². The van der Waals surface area contributed by atoms with E-state index in [1.165, 1.54) is 31.4 Å². The number of hydrogen-bond acceptors (Lipinski definition) is 5. The van der Waals surface area contributed by atoms with Gasteiger partial charge in [-0.25, -0.2) is 13.6 Å². The van der Waals surface area contributed by atoms with Crippen molar-refractivity contribution in [3.63, 3.8) is 0 Å². The van der Waals surface area contributed by atoms with E-state index in [-0.39, 0.29) is 29.7 Å². The predicted molar refractivity (Wildman–Crippen MR) is 96.4 cm³/mol. The number of carbonyl (C=O) groups is 2. The van der Waals surface area contributed by atoms with E-state index in [1.807, 2.05) is 0 Å². The summed E-state index contributed by atoms with van der Waals surface area (Å²) in [6.45, 7) is 0.137. The number of methoxy groups -OCH3 is 1. The number of ether oxygens (including phenoxy) is 1. The Morgan fingerprint density at radius 3 is 2.35 bits per heavy atom. The van der Waals surface area contributed by atoms with Crippen molar-refractivity contribution in [2.45, 2.75) is 11.3 Å². The van der Waals surface area contributed by atoms with Gasteiger partial charge in [-0.15, -0.1) is 0 Å². The highest BCUT2D eigenvalue weighted by atomic mass is 32.2.